The molecule has 1 N–H and O–H groups in total. The summed E-state index contributed by atoms with van der Waals surface area (Å²) in [6.07, 6.45) is 4.41. The molecule has 0 radical (unpaired) electrons. The third kappa shape index (κ3) is 2.82. The maximum Gasteiger partial charge on any atom is 0.247 e. The molecule has 2 aliphatic rings. The van der Waals surface area contributed by atoms with Gasteiger partial charge in [-0.25, -0.2) is 0 Å². The molecule has 2 rings (SSSR count). The van der Waals surface area contributed by atoms with Gasteiger partial charge in [0.25, 0.3) is 0 Å². The number of carbonyl (C=O) groups excluding carboxylic acids is 2. The molecular formula is C14H24N2O3. The van der Waals surface area contributed by atoms with Gasteiger partial charge in [-0.05, 0) is 32.6 Å². The average Bonchev–Trinajstić information content (AvgIpc) is 2.94. The number of ether oxygens (including phenoxy) is 1. The molecule has 1 aliphatic heterocycles. The van der Waals surface area contributed by atoms with Gasteiger partial charge in [0.05, 0.1) is 18.6 Å². The van der Waals surface area contributed by atoms with E-state index in [0.29, 0.717) is 0 Å². The van der Waals surface area contributed by atoms with Crippen LogP contribution in [0.25, 0.3) is 0 Å². The summed E-state index contributed by atoms with van der Waals surface area (Å²) in [7, 11) is 1.71. The van der Waals surface area contributed by atoms with Crippen LogP contribution in [0.1, 0.15) is 46.0 Å². The second-order valence-electron chi connectivity index (χ2n) is 5.59. The first-order valence-corrected chi connectivity index (χ1v) is 7.23. The number of methoxy groups -OCH3 is 1. The summed E-state index contributed by atoms with van der Waals surface area (Å²) in [4.78, 5) is 25.7. The number of nitrogens with one attached hydrogen (secondary N) is 1. The SMILES string of the molecule is CCC(C)N1C(=O)CC(NC2CCCC2OC)C1=O. The van der Waals surface area contributed by atoms with Gasteiger partial charge < -0.3 is 10.1 Å². The first-order chi connectivity index (χ1) is 9.08. The van der Waals surface area contributed by atoms with Crippen LogP contribution in [0.4, 0.5) is 0 Å². The van der Waals surface area contributed by atoms with Crippen LogP contribution in [0, 0.1) is 0 Å². The highest BCUT2D eigenvalue weighted by Gasteiger charge is 2.42. The number of amides is 2. The van der Waals surface area contributed by atoms with E-state index in [1.807, 2.05) is 13.8 Å². The number of carbonyl (C=O) groups is 2. The number of likely N-dealkylation sites (tertiary alicyclic amines) is 1. The molecule has 1 aliphatic carbocycles. The van der Waals surface area contributed by atoms with Crippen molar-refractivity contribution in [1.29, 1.82) is 0 Å². The van der Waals surface area contributed by atoms with Crippen LogP contribution in [0.2, 0.25) is 0 Å². The normalized spacial score (nSPS) is 33.2. The third-order valence-corrected chi connectivity index (χ3v) is 4.39. The molecule has 1 heterocycles. The molecule has 5 heteroatoms. The largest absolute Gasteiger partial charge is 0.380 e. The topological polar surface area (TPSA) is 58.6 Å². The minimum absolute atomic E-state index is 0.00593. The smallest absolute Gasteiger partial charge is 0.247 e. The Bertz CT molecular complexity index is 359. The number of rotatable bonds is 5. The van der Waals surface area contributed by atoms with Gasteiger partial charge in [0.2, 0.25) is 11.8 Å². The van der Waals surface area contributed by atoms with Gasteiger partial charge >= 0.3 is 0 Å². The van der Waals surface area contributed by atoms with Crippen LogP contribution in [-0.2, 0) is 14.3 Å². The molecule has 5 nitrogen and oxygen atoms in total. The molecular weight excluding hydrogens is 244 g/mol. The predicted octanol–water partition coefficient (Wildman–Crippen LogP) is 1.07. The maximum atomic E-state index is 12.3. The van der Waals surface area contributed by atoms with Crippen molar-refractivity contribution in [3.8, 4) is 0 Å². The van der Waals surface area contributed by atoms with Crippen molar-refractivity contribution >= 4 is 11.8 Å². The van der Waals surface area contributed by atoms with E-state index in [4.69, 9.17) is 4.74 Å². The van der Waals surface area contributed by atoms with Gasteiger partial charge in [0.15, 0.2) is 0 Å². The van der Waals surface area contributed by atoms with Crippen molar-refractivity contribution in [2.45, 2.75) is 70.2 Å². The van der Waals surface area contributed by atoms with E-state index >= 15 is 0 Å². The van der Waals surface area contributed by atoms with Gasteiger partial charge in [-0.1, -0.05) is 6.92 Å². The Morgan fingerprint density at radius 2 is 2.16 bits per heavy atom. The molecule has 2 fully saturated rings. The molecule has 0 aromatic heterocycles. The van der Waals surface area contributed by atoms with Gasteiger partial charge in [0.1, 0.15) is 0 Å². The fraction of sp³-hybridized carbons (Fsp3) is 0.857. The second-order valence-corrected chi connectivity index (χ2v) is 5.59. The summed E-state index contributed by atoms with van der Waals surface area (Å²) >= 11 is 0. The Morgan fingerprint density at radius 1 is 1.42 bits per heavy atom. The summed E-state index contributed by atoms with van der Waals surface area (Å²) in [5.74, 6) is -0.120. The number of imide groups is 1. The van der Waals surface area contributed by atoms with Gasteiger partial charge in [-0.3, -0.25) is 14.5 Å². The number of nitrogens with zero attached hydrogens (tertiary/aromatic N) is 1. The monoisotopic (exact) mass is 268 g/mol. The second kappa shape index (κ2) is 6.01. The fourth-order valence-electron chi connectivity index (χ4n) is 3.08. The van der Waals surface area contributed by atoms with Crippen molar-refractivity contribution in [3.63, 3.8) is 0 Å². The van der Waals surface area contributed by atoms with E-state index in [1.54, 1.807) is 7.11 Å². The van der Waals surface area contributed by atoms with E-state index in [1.165, 1.54) is 4.90 Å². The lowest BCUT2D eigenvalue weighted by atomic mass is 10.1. The lowest BCUT2D eigenvalue weighted by molar-refractivity contribution is -0.141. The molecule has 19 heavy (non-hydrogen) atoms. The van der Waals surface area contributed by atoms with Crippen molar-refractivity contribution in [2.24, 2.45) is 0 Å². The summed E-state index contributed by atoms with van der Waals surface area (Å²) in [6.45, 7) is 3.91. The Balaban J connectivity index is 1.99. The van der Waals surface area contributed by atoms with E-state index < -0.39 is 0 Å². The zero-order chi connectivity index (χ0) is 14.0. The molecule has 0 aromatic carbocycles. The maximum absolute atomic E-state index is 12.3. The predicted molar refractivity (Wildman–Crippen MR) is 71.6 cm³/mol. The molecule has 1 saturated heterocycles. The Labute approximate surface area is 114 Å². The molecule has 4 atom stereocenters. The standard InChI is InChI=1S/C14H24N2O3/c1-4-9(2)16-13(17)8-11(14(16)18)15-10-6-5-7-12(10)19-3/h9-12,15H,4-8H2,1-3H3. The minimum atomic E-state index is -0.359. The van der Waals surface area contributed by atoms with Gasteiger partial charge in [-0.15, -0.1) is 0 Å². The van der Waals surface area contributed by atoms with Crippen LogP contribution in [0.5, 0.6) is 0 Å². The molecule has 0 aromatic rings. The highest BCUT2D eigenvalue weighted by atomic mass is 16.5. The molecule has 4 unspecified atom stereocenters. The molecule has 1 saturated carbocycles. The average molecular weight is 268 g/mol. The van der Waals surface area contributed by atoms with Crippen LogP contribution >= 0.6 is 0 Å². The third-order valence-electron chi connectivity index (χ3n) is 4.39. The fourth-order valence-corrected chi connectivity index (χ4v) is 3.08. The number of hydrogen-bond donors (Lipinski definition) is 1. The molecule has 108 valence electrons. The highest BCUT2D eigenvalue weighted by Crippen LogP contribution is 2.25. The zero-order valence-electron chi connectivity index (χ0n) is 12.0. The van der Waals surface area contributed by atoms with E-state index in [0.717, 1.165) is 25.7 Å². The number of hydrogen-bond acceptors (Lipinski definition) is 4. The Morgan fingerprint density at radius 3 is 2.79 bits per heavy atom. The summed E-state index contributed by atoms with van der Waals surface area (Å²) < 4.78 is 5.42. The lowest BCUT2D eigenvalue weighted by Crippen LogP contribution is -2.48. The van der Waals surface area contributed by atoms with E-state index in [-0.39, 0.29) is 42.5 Å². The molecule has 0 bridgehead atoms. The van der Waals surface area contributed by atoms with Crippen LogP contribution in [-0.4, -0.2) is 48.1 Å². The molecule has 2 amide bonds. The summed E-state index contributed by atoms with van der Waals surface area (Å²) in [5.41, 5.74) is 0. The van der Waals surface area contributed by atoms with Crippen LogP contribution < -0.4 is 5.32 Å². The molecule has 0 spiro atoms. The highest BCUT2D eigenvalue weighted by molar-refractivity contribution is 6.05. The van der Waals surface area contributed by atoms with Crippen molar-refractivity contribution in [1.82, 2.24) is 10.2 Å². The van der Waals surface area contributed by atoms with Crippen molar-refractivity contribution in [3.05, 3.63) is 0 Å². The summed E-state index contributed by atoms with van der Waals surface area (Å²) in [5, 5.41) is 3.33. The summed E-state index contributed by atoms with van der Waals surface area (Å²) in [6, 6.07) is -0.167. The Hall–Kier alpha value is -0.940. The van der Waals surface area contributed by atoms with E-state index in [9.17, 15) is 9.59 Å². The Kier molecular flexibility index (Phi) is 4.58. The first-order valence-electron chi connectivity index (χ1n) is 7.23. The van der Waals surface area contributed by atoms with Crippen LogP contribution in [0.3, 0.4) is 0 Å². The zero-order valence-corrected chi connectivity index (χ0v) is 12.0. The quantitative estimate of drug-likeness (QED) is 0.758. The first kappa shape index (κ1) is 14.5. The lowest BCUT2D eigenvalue weighted by Gasteiger charge is -2.24. The van der Waals surface area contributed by atoms with Gasteiger partial charge in [0, 0.05) is 19.2 Å². The van der Waals surface area contributed by atoms with Crippen LogP contribution in [0.15, 0.2) is 0 Å². The van der Waals surface area contributed by atoms with E-state index in [2.05, 4.69) is 5.32 Å². The van der Waals surface area contributed by atoms with Gasteiger partial charge in [-0.2, -0.15) is 0 Å². The van der Waals surface area contributed by atoms with Crippen molar-refractivity contribution < 1.29 is 14.3 Å². The minimum Gasteiger partial charge on any atom is -0.380 e. The van der Waals surface area contributed by atoms with Crippen molar-refractivity contribution in [2.75, 3.05) is 7.11 Å².